The Morgan fingerprint density at radius 1 is 1.15 bits per heavy atom. The zero-order valence-corrected chi connectivity index (χ0v) is 12.6. The third-order valence-electron chi connectivity index (χ3n) is 3.63. The van der Waals surface area contributed by atoms with Crippen molar-refractivity contribution < 1.29 is 14.6 Å². The minimum Gasteiger partial charge on any atom is -0.507 e. The molecule has 1 aromatic rings. The van der Waals surface area contributed by atoms with Gasteiger partial charge in [0.2, 0.25) is 6.79 Å². The monoisotopic (exact) mass is 279 g/mol. The Hall–Kier alpha value is -1.42. The number of phenolic OH excluding ortho intramolecular Hbond substituents is 1. The standard InChI is InChI=1S/C16H25NO3/c1-11(2)5-4-6-12(3)17-9-13-7-15-16(8-14(13)18)20-10-19-15/h7-8,11-12,17-18H,4-6,9-10H2,1-3H3. The van der Waals surface area contributed by atoms with Crippen molar-refractivity contribution in [3.05, 3.63) is 17.7 Å². The van der Waals surface area contributed by atoms with Crippen LogP contribution < -0.4 is 14.8 Å². The molecule has 1 atom stereocenters. The van der Waals surface area contributed by atoms with E-state index < -0.39 is 0 Å². The Labute approximate surface area is 121 Å². The highest BCUT2D eigenvalue weighted by atomic mass is 16.7. The summed E-state index contributed by atoms with van der Waals surface area (Å²) in [4.78, 5) is 0. The molecule has 0 spiro atoms. The predicted octanol–water partition coefficient (Wildman–Crippen LogP) is 3.43. The molecule has 1 heterocycles. The molecule has 0 aliphatic carbocycles. The Morgan fingerprint density at radius 2 is 1.85 bits per heavy atom. The van der Waals surface area contributed by atoms with Gasteiger partial charge in [0.1, 0.15) is 5.75 Å². The van der Waals surface area contributed by atoms with Crippen molar-refractivity contribution in [1.82, 2.24) is 5.32 Å². The number of hydrogen-bond donors (Lipinski definition) is 2. The van der Waals surface area contributed by atoms with Crippen LogP contribution in [0.2, 0.25) is 0 Å². The molecule has 0 radical (unpaired) electrons. The first kappa shape index (κ1) is 15.0. The van der Waals surface area contributed by atoms with Gasteiger partial charge in [-0.1, -0.05) is 26.7 Å². The maximum Gasteiger partial charge on any atom is 0.231 e. The van der Waals surface area contributed by atoms with E-state index in [1.165, 1.54) is 12.8 Å². The third kappa shape index (κ3) is 4.04. The zero-order chi connectivity index (χ0) is 14.5. The Balaban J connectivity index is 1.82. The minimum absolute atomic E-state index is 0.233. The van der Waals surface area contributed by atoms with E-state index in [0.717, 1.165) is 17.9 Å². The van der Waals surface area contributed by atoms with E-state index in [2.05, 4.69) is 26.1 Å². The van der Waals surface area contributed by atoms with Crippen LogP contribution in [0.25, 0.3) is 0 Å². The van der Waals surface area contributed by atoms with Gasteiger partial charge in [-0.05, 0) is 25.3 Å². The number of phenols is 1. The van der Waals surface area contributed by atoms with Crippen molar-refractivity contribution in [1.29, 1.82) is 0 Å². The molecule has 0 aromatic heterocycles. The molecule has 1 aromatic carbocycles. The number of benzene rings is 1. The second kappa shape index (κ2) is 6.84. The SMILES string of the molecule is CC(C)CCCC(C)NCc1cc2c(cc1O)OCO2. The molecule has 20 heavy (non-hydrogen) atoms. The molecule has 2 rings (SSSR count). The Morgan fingerprint density at radius 3 is 2.55 bits per heavy atom. The summed E-state index contributed by atoms with van der Waals surface area (Å²) in [6.07, 6.45) is 3.66. The van der Waals surface area contributed by atoms with E-state index >= 15 is 0 Å². The average Bonchev–Trinajstić information content (AvgIpc) is 2.82. The van der Waals surface area contributed by atoms with Crippen molar-refractivity contribution in [2.24, 2.45) is 5.92 Å². The van der Waals surface area contributed by atoms with Gasteiger partial charge in [-0.2, -0.15) is 0 Å². The summed E-state index contributed by atoms with van der Waals surface area (Å²) in [5.41, 5.74) is 0.852. The minimum atomic E-state index is 0.233. The lowest BCUT2D eigenvalue weighted by Crippen LogP contribution is -2.25. The van der Waals surface area contributed by atoms with Gasteiger partial charge in [0.05, 0.1) is 0 Å². The number of nitrogens with one attached hydrogen (secondary N) is 1. The molecule has 4 heteroatoms. The second-order valence-corrected chi connectivity index (χ2v) is 5.94. The van der Waals surface area contributed by atoms with E-state index in [9.17, 15) is 5.11 Å². The number of fused-ring (bicyclic) bond motifs is 1. The molecule has 0 saturated heterocycles. The summed E-state index contributed by atoms with van der Waals surface area (Å²) in [5.74, 6) is 2.36. The maximum absolute atomic E-state index is 9.96. The van der Waals surface area contributed by atoms with Crippen molar-refractivity contribution in [3.63, 3.8) is 0 Å². The fourth-order valence-corrected chi connectivity index (χ4v) is 2.33. The van der Waals surface area contributed by atoms with Gasteiger partial charge < -0.3 is 19.9 Å². The molecule has 1 unspecified atom stereocenters. The molecule has 2 N–H and O–H groups in total. The predicted molar refractivity (Wildman–Crippen MR) is 79.2 cm³/mol. The quantitative estimate of drug-likeness (QED) is 0.803. The highest BCUT2D eigenvalue weighted by molar-refractivity contribution is 5.51. The van der Waals surface area contributed by atoms with Gasteiger partial charge in [-0.25, -0.2) is 0 Å². The summed E-state index contributed by atoms with van der Waals surface area (Å²) in [6.45, 7) is 7.57. The summed E-state index contributed by atoms with van der Waals surface area (Å²) in [6, 6.07) is 3.92. The molecule has 1 aliphatic heterocycles. The van der Waals surface area contributed by atoms with Crippen LogP contribution in [0.5, 0.6) is 17.2 Å². The largest absolute Gasteiger partial charge is 0.507 e. The van der Waals surface area contributed by atoms with E-state index in [-0.39, 0.29) is 12.5 Å². The van der Waals surface area contributed by atoms with Crippen LogP contribution in [0.4, 0.5) is 0 Å². The average molecular weight is 279 g/mol. The molecule has 1 aliphatic rings. The third-order valence-corrected chi connectivity index (χ3v) is 3.63. The zero-order valence-electron chi connectivity index (χ0n) is 12.6. The molecular formula is C16H25NO3. The van der Waals surface area contributed by atoms with Crippen LogP contribution in [0.3, 0.4) is 0 Å². The van der Waals surface area contributed by atoms with Crippen molar-refractivity contribution in [2.75, 3.05) is 6.79 Å². The number of hydrogen-bond acceptors (Lipinski definition) is 4. The van der Waals surface area contributed by atoms with Crippen LogP contribution in [0.1, 0.15) is 45.6 Å². The van der Waals surface area contributed by atoms with E-state index in [0.29, 0.717) is 24.1 Å². The molecular weight excluding hydrogens is 254 g/mol. The molecule has 0 bridgehead atoms. The Bertz CT molecular complexity index is 446. The summed E-state index contributed by atoms with van der Waals surface area (Å²) in [5, 5.41) is 13.4. The van der Waals surface area contributed by atoms with Crippen molar-refractivity contribution in [2.45, 2.75) is 52.6 Å². The topological polar surface area (TPSA) is 50.7 Å². The molecule has 4 nitrogen and oxygen atoms in total. The normalized spacial score (nSPS) is 14.8. The van der Waals surface area contributed by atoms with Crippen LogP contribution in [0, 0.1) is 5.92 Å². The summed E-state index contributed by atoms with van der Waals surface area (Å²) >= 11 is 0. The highest BCUT2D eigenvalue weighted by Gasteiger charge is 2.17. The van der Waals surface area contributed by atoms with Gasteiger partial charge in [-0.3, -0.25) is 0 Å². The fourth-order valence-electron chi connectivity index (χ4n) is 2.33. The Kier molecular flexibility index (Phi) is 5.12. The van der Waals surface area contributed by atoms with Gasteiger partial charge in [-0.15, -0.1) is 0 Å². The van der Waals surface area contributed by atoms with Gasteiger partial charge >= 0.3 is 0 Å². The highest BCUT2D eigenvalue weighted by Crippen LogP contribution is 2.37. The number of aromatic hydroxyl groups is 1. The van der Waals surface area contributed by atoms with Crippen molar-refractivity contribution in [3.8, 4) is 17.2 Å². The lowest BCUT2D eigenvalue weighted by Gasteiger charge is -2.15. The van der Waals surface area contributed by atoms with Gasteiger partial charge in [0, 0.05) is 24.2 Å². The van der Waals surface area contributed by atoms with Gasteiger partial charge in [0.15, 0.2) is 11.5 Å². The first-order chi connectivity index (χ1) is 9.56. The smallest absolute Gasteiger partial charge is 0.231 e. The van der Waals surface area contributed by atoms with E-state index in [4.69, 9.17) is 9.47 Å². The summed E-state index contributed by atoms with van der Waals surface area (Å²) < 4.78 is 10.6. The summed E-state index contributed by atoms with van der Waals surface area (Å²) in [7, 11) is 0. The molecule has 0 amide bonds. The lowest BCUT2D eigenvalue weighted by atomic mass is 10.0. The van der Waals surface area contributed by atoms with Gasteiger partial charge in [0.25, 0.3) is 0 Å². The van der Waals surface area contributed by atoms with Crippen LogP contribution in [-0.2, 0) is 6.54 Å². The first-order valence-corrected chi connectivity index (χ1v) is 7.41. The first-order valence-electron chi connectivity index (χ1n) is 7.41. The van der Waals surface area contributed by atoms with Crippen LogP contribution in [-0.4, -0.2) is 17.9 Å². The number of ether oxygens (including phenoxy) is 2. The lowest BCUT2D eigenvalue weighted by molar-refractivity contribution is 0.174. The van der Waals surface area contributed by atoms with Crippen LogP contribution >= 0.6 is 0 Å². The van der Waals surface area contributed by atoms with E-state index in [1.54, 1.807) is 6.07 Å². The number of rotatable bonds is 7. The molecule has 0 fully saturated rings. The van der Waals surface area contributed by atoms with Crippen molar-refractivity contribution >= 4 is 0 Å². The van der Waals surface area contributed by atoms with Crippen LogP contribution in [0.15, 0.2) is 12.1 Å². The van der Waals surface area contributed by atoms with E-state index in [1.807, 2.05) is 6.07 Å². The fraction of sp³-hybridized carbons (Fsp3) is 0.625. The molecule has 112 valence electrons. The maximum atomic E-state index is 9.96. The molecule has 0 saturated carbocycles. The second-order valence-electron chi connectivity index (χ2n) is 5.94.